The summed E-state index contributed by atoms with van der Waals surface area (Å²) >= 11 is 1.44. The van der Waals surface area contributed by atoms with E-state index in [1.807, 2.05) is 5.38 Å². The van der Waals surface area contributed by atoms with Crippen LogP contribution < -0.4 is 5.73 Å². The molecule has 3 heterocycles. The number of aromatic nitrogens is 2. The van der Waals surface area contributed by atoms with Gasteiger partial charge in [-0.05, 0) is 37.7 Å². The van der Waals surface area contributed by atoms with Gasteiger partial charge >= 0.3 is 0 Å². The maximum Gasteiger partial charge on any atom is 0.179 e. The van der Waals surface area contributed by atoms with E-state index in [-0.39, 0.29) is 18.9 Å². The largest absolute Gasteiger partial charge is 0.508 e. The van der Waals surface area contributed by atoms with Gasteiger partial charge in [0.1, 0.15) is 17.3 Å². The molecule has 0 radical (unpaired) electrons. The van der Waals surface area contributed by atoms with Gasteiger partial charge in [-0.25, -0.2) is 9.37 Å². The summed E-state index contributed by atoms with van der Waals surface area (Å²) in [6.07, 6.45) is 10.4. The maximum atomic E-state index is 12.0. The fourth-order valence-electron chi connectivity index (χ4n) is 1.82. The summed E-state index contributed by atoms with van der Waals surface area (Å²) in [6.45, 7) is 2.37. The zero-order chi connectivity index (χ0) is 20.6. The number of pyridine rings is 1. The molecule has 0 aliphatic carbocycles. The first kappa shape index (κ1) is 26.0. The van der Waals surface area contributed by atoms with Crippen LogP contribution in [0.2, 0.25) is 0 Å². The van der Waals surface area contributed by atoms with Crippen LogP contribution in [-0.4, -0.2) is 45.2 Å². The Hall–Kier alpha value is -2.97. The lowest BCUT2D eigenvalue weighted by Gasteiger charge is -2.15. The Balaban J connectivity index is 0.000000358. The molecule has 6 nitrogen and oxygen atoms in total. The molecule has 0 spiro atoms. The van der Waals surface area contributed by atoms with Gasteiger partial charge in [-0.1, -0.05) is 25.6 Å². The number of phenols is 1. The van der Waals surface area contributed by atoms with Gasteiger partial charge in [0.2, 0.25) is 0 Å². The molecule has 2 aromatic heterocycles. The first-order chi connectivity index (χ1) is 13.5. The van der Waals surface area contributed by atoms with E-state index in [1.165, 1.54) is 48.7 Å². The lowest BCUT2D eigenvalue weighted by Crippen LogP contribution is -2.21. The summed E-state index contributed by atoms with van der Waals surface area (Å²) in [6, 6.07) is 8.45. The average Bonchev–Trinajstić information content (AvgIpc) is 3.15. The van der Waals surface area contributed by atoms with Gasteiger partial charge in [0.05, 0.1) is 6.20 Å². The third-order valence-corrected chi connectivity index (χ3v) is 3.77. The minimum atomic E-state index is -0.412. The molecule has 4 N–H and O–H groups in total. The summed E-state index contributed by atoms with van der Waals surface area (Å²) in [5.41, 5.74) is 5.19. The fourth-order valence-corrected chi connectivity index (χ4v) is 2.21. The molecule has 0 bridgehead atoms. The highest BCUT2D eigenvalue weighted by molar-refractivity contribution is 7.13. The highest BCUT2D eigenvalue weighted by Gasteiger charge is 1.95. The SMILES string of the molecule is C.CN1CC=CCC1.Nc1nccs1.Oc1cccc(F)c1.Oc1cccnc1. The van der Waals surface area contributed by atoms with Gasteiger partial charge in [0.15, 0.2) is 5.13 Å². The second-order valence-electron chi connectivity index (χ2n) is 5.58. The molecule has 158 valence electrons. The number of nitrogens with two attached hydrogens (primary N) is 1. The number of thiazole rings is 1. The van der Waals surface area contributed by atoms with Crippen LogP contribution in [0.4, 0.5) is 9.52 Å². The number of hydrogen-bond donors (Lipinski definition) is 3. The van der Waals surface area contributed by atoms with Crippen LogP contribution in [0.1, 0.15) is 13.8 Å². The number of anilines is 1. The van der Waals surface area contributed by atoms with Gasteiger partial charge < -0.3 is 20.8 Å². The van der Waals surface area contributed by atoms with Crippen molar-refractivity contribution in [1.82, 2.24) is 14.9 Å². The van der Waals surface area contributed by atoms with Crippen LogP contribution in [0.25, 0.3) is 0 Å². The number of hydrogen-bond acceptors (Lipinski definition) is 7. The van der Waals surface area contributed by atoms with Crippen molar-refractivity contribution in [2.45, 2.75) is 13.8 Å². The molecule has 1 aliphatic rings. The number of rotatable bonds is 0. The number of nitrogens with zero attached hydrogens (tertiary/aromatic N) is 3. The van der Waals surface area contributed by atoms with Crippen molar-refractivity contribution < 1.29 is 14.6 Å². The molecule has 0 amide bonds. The average molecular weight is 421 g/mol. The van der Waals surface area contributed by atoms with Crippen molar-refractivity contribution in [2.75, 3.05) is 25.9 Å². The van der Waals surface area contributed by atoms with E-state index in [0.29, 0.717) is 5.13 Å². The summed E-state index contributed by atoms with van der Waals surface area (Å²) in [4.78, 5) is 9.65. The Morgan fingerprint density at radius 1 is 1.10 bits per heavy atom. The molecule has 0 saturated carbocycles. The predicted octanol–water partition coefficient (Wildman–Crippen LogP) is 4.56. The van der Waals surface area contributed by atoms with Crippen molar-refractivity contribution in [2.24, 2.45) is 0 Å². The van der Waals surface area contributed by atoms with Crippen molar-refractivity contribution in [3.8, 4) is 11.5 Å². The van der Waals surface area contributed by atoms with E-state index in [1.54, 1.807) is 24.5 Å². The monoisotopic (exact) mass is 420 g/mol. The molecule has 0 atom stereocenters. The quantitative estimate of drug-likeness (QED) is 0.462. The topological polar surface area (TPSA) is 95.5 Å². The molecule has 3 aromatic rings. The van der Waals surface area contributed by atoms with E-state index >= 15 is 0 Å². The van der Waals surface area contributed by atoms with Crippen LogP contribution in [0.5, 0.6) is 11.5 Å². The molecule has 1 aromatic carbocycles. The Kier molecular flexibility index (Phi) is 14.4. The molecule has 29 heavy (non-hydrogen) atoms. The lowest BCUT2D eigenvalue weighted by atomic mass is 10.3. The van der Waals surface area contributed by atoms with E-state index in [2.05, 4.69) is 34.1 Å². The Morgan fingerprint density at radius 3 is 2.14 bits per heavy atom. The van der Waals surface area contributed by atoms with Crippen LogP contribution in [0, 0.1) is 5.82 Å². The minimum Gasteiger partial charge on any atom is -0.508 e. The second-order valence-corrected chi connectivity index (χ2v) is 6.51. The van der Waals surface area contributed by atoms with Gasteiger partial charge in [0, 0.05) is 36.9 Å². The van der Waals surface area contributed by atoms with Crippen LogP contribution in [0.3, 0.4) is 0 Å². The maximum absolute atomic E-state index is 12.0. The molecular weight excluding hydrogens is 391 g/mol. The van der Waals surface area contributed by atoms with Crippen molar-refractivity contribution in [3.05, 3.63) is 78.3 Å². The van der Waals surface area contributed by atoms with Gasteiger partial charge in [-0.15, -0.1) is 11.3 Å². The molecule has 0 fully saturated rings. The first-order valence-corrected chi connectivity index (χ1v) is 9.37. The van der Waals surface area contributed by atoms with E-state index in [4.69, 9.17) is 15.9 Å². The third kappa shape index (κ3) is 14.7. The molecule has 0 saturated heterocycles. The predicted molar refractivity (Wildman–Crippen MR) is 118 cm³/mol. The summed E-state index contributed by atoms with van der Waals surface area (Å²) in [7, 11) is 2.14. The zero-order valence-corrected chi connectivity index (χ0v) is 16.5. The Bertz CT molecular complexity index is 769. The number of likely N-dealkylation sites (N-methyl/N-ethyl adjacent to an activating group) is 1. The Labute approximate surface area is 175 Å². The van der Waals surface area contributed by atoms with Crippen molar-refractivity contribution in [3.63, 3.8) is 0 Å². The third-order valence-electron chi connectivity index (χ3n) is 3.17. The number of benzene rings is 1. The van der Waals surface area contributed by atoms with Gasteiger partial charge in [-0.3, -0.25) is 4.98 Å². The van der Waals surface area contributed by atoms with Crippen LogP contribution >= 0.6 is 11.3 Å². The molecule has 4 rings (SSSR count). The number of halogens is 1. The van der Waals surface area contributed by atoms with Crippen molar-refractivity contribution >= 4 is 16.5 Å². The molecular formula is C21H29FN4O2S. The number of nitrogen functional groups attached to an aromatic ring is 1. The van der Waals surface area contributed by atoms with E-state index < -0.39 is 5.82 Å². The number of phenolic OH excluding ortho intramolecular Hbond substituents is 1. The molecule has 8 heteroatoms. The summed E-state index contributed by atoms with van der Waals surface area (Å²) < 4.78 is 12.0. The van der Waals surface area contributed by atoms with E-state index in [9.17, 15) is 4.39 Å². The summed E-state index contributed by atoms with van der Waals surface area (Å²) in [5.74, 6) is -0.238. The summed E-state index contributed by atoms with van der Waals surface area (Å²) in [5, 5.41) is 19.6. The van der Waals surface area contributed by atoms with Gasteiger partial charge in [0.25, 0.3) is 0 Å². The molecule has 0 unspecified atom stereocenters. The van der Waals surface area contributed by atoms with Gasteiger partial charge in [-0.2, -0.15) is 0 Å². The minimum absolute atomic E-state index is 0. The van der Waals surface area contributed by atoms with Crippen LogP contribution in [-0.2, 0) is 0 Å². The fraction of sp³-hybridized carbons (Fsp3) is 0.238. The first-order valence-electron chi connectivity index (χ1n) is 8.49. The molecule has 1 aliphatic heterocycles. The van der Waals surface area contributed by atoms with Crippen LogP contribution in [0.15, 0.2) is 72.5 Å². The van der Waals surface area contributed by atoms with Crippen molar-refractivity contribution in [1.29, 1.82) is 0 Å². The highest BCUT2D eigenvalue weighted by Crippen LogP contribution is 2.08. The highest BCUT2D eigenvalue weighted by atomic mass is 32.1. The number of aromatic hydroxyl groups is 2. The standard InChI is InChI=1S/C6H5FO.C6H11N.C5H5NO.C3H4N2S.CH4/c7-5-2-1-3-6(8)4-5;1-7-5-3-2-4-6-7;7-5-2-1-3-6-4-5;4-3-5-1-2-6-3;/h1-4,8H;2-3H,4-6H2,1H3;1-4,7H;1-2H,(H2,4,5);1H4. The normalized spacial score (nSPS) is 11.9. The Morgan fingerprint density at radius 2 is 1.86 bits per heavy atom. The second kappa shape index (κ2) is 16.0. The smallest absolute Gasteiger partial charge is 0.179 e. The lowest BCUT2D eigenvalue weighted by molar-refractivity contribution is 0.366. The zero-order valence-electron chi connectivity index (χ0n) is 15.6. The van der Waals surface area contributed by atoms with E-state index in [0.717, 1.165) is 12.6 Å².